The molecule has 0 radical (unpaired) electrons. The van der Waals surface area contributed by atoms with Crippen LogP contribution >= 0.6 is 11.6 Å². The number of imide groups is 1. The number of rotatable bonds is 2. The molecule has 0 bridgehead atoms. The van der Waals surface area contributed by atoms with E-state index in [9.17, 15) is 9.59 Å². The number of nitrogens with one attached hydrogen (secondary N) is 2. The van der Waals surface area contributed by atoms with Crippen molar-refractivity contribution < 1.29 is 9.59 Å². The van der Waals surface area contributed by atoms with Gasteiger partial charge >= 0.3 is 0 Å². The molecule has 0 saturated heterocycles. The van der Waals surface area contributed by atoms with E-state index in [1.165, 1.54) is 0 Å². The first-order chi connectivity index (χ1) is 13.0. The number of aryl methyl sites for hydroxylation is 1. The van der Waals surface area contributed by atoms with E-state index < -0.39 is 11.8 Å². The Morgan fingerprint density at radius 1 is 1.00 bits per heavy atom. The Balaban J connectivity index is 1.86. The van der Waals surface area contributed by atoms with Gasteiger partial charge in [0.2, 0.25) is 0 Å². The van der Waals surface area contributed by atoms with Crippen LogP contribution in [0.5, 0.6) is 0 Å². The summed E-state index contributed by atoms with van der Waals surface area (Å²) in [6.45, 7) is 0. The summed E-state index contributed by atoms with van der Waals surface area (Å²) in [5.74, 6) is -0.888. The number of benzene rings is 2. The highest BCUT2D eigenvalue weighted by atomic mass is 35.5. The normalized spacial score (nSPS) is 14.6. The minimum absolute atomic E-state index is 0.255. The lowest BCUT2D eigenvalue weighted by Crippen LogP contribution is -2.22. The van der Waals surface area contributed by atoms with E-state index in [0.29, 0.717) is 27.2 Å². The van der Waals surface area contributed by atoms with Crippen molar-refractivity contribution in [2.24, 2.45) is 7.05 Å². The van der Waals surface area contributed by atoms with Crippen LogP contribution in [0.3, 0.4) is 0 Å². The molecule has 0 spiro atoms. The highest BCUT2D eigenvalue weighted by Gasteiger charge is 2.35. The summed E-state index contributed by atoms with van der Waals surface area (Å²) in [6.07, 6.45) is 1.86. The second-order valence-corrected chi connectivity index (χ2v) is 6.90. The molecule has 3 heterocycles. The zero-order valence-corrected chi connectivity index (χ0v) is 15.0. The number of nitrogens with zero attached hydrogens (tertiary/aromatic N) is 2. The van der Waals surface area contributed by atoms with Gasteiger partial charge in [-0.1, -0.05) is 29.8 Å². The third-order valence-electron chi connectivity index (χ3n) is 4.86. The zero-order chi connectivity index (χ0) is 18.7. The molecule has 2 aromatic carbocycles. The molecule has 2 amide bonds. The fourth-order valence-corrected chi connectivity index (χ4v) is 3.83. The Morgan fingerprint density at radius 2 is 1.78 bits per heavy atom. The molecule has 4 aromatic rings. The van der Waals surface area contributed by atoms with Crippen molar-refractivity contribution in [3.05, 3.63) is 64.9 Å². The largest absolute Gasteiger partial charge is 0.350 e. The van der Waals surface area contributed by atoms with Crippen molar-refractivity contribution in [1.29, 1.82) is 0 Å². The van der Waals surface area contributed by atoms with Crippen molar-refractivity contribution >= 4 is 56.4 Å². The van der Waals surface area contributed by atoms with Crippen LogP contribution in [0, 0.1) is 0 Å². The molecule has 7 heteroatoms. The second kappa shape index (κ2) is 5.56. The van der Waals surface area contributed by atoms with Crippen molar-refractivity contribution in [3.63, 3.8) is 0 Å². The number of carbonyl (C=O) groups is 2. The van der Waals surface area contributed by atoms with Crippen molar-refractivity contribution in [2.75, 3.05) is 0 Å². The Hall–Kier alpha value is -3.38. The molecule has 1 aliphatic rings. The van der Waals surface area contributed by atoms with Crippen LogP contribution in [0.4, 0.5) is 0 Å². The van der Waals surface area contributed by atoms with E-state index in [2.05, 4.69) is 15.5 Å². The number of H-pyrrole nitrogens is 1. The molecule has 132 valence electrons. The van der Waals surface area contributed by atoms with Gasteiger partial charge in [0.25, 0.3) is 11.8 Å². The second-order valence-electron chi connectivity index (χ2n) is 6.47. The number of amides is 2. The fourth-order valence-electron chi connectivity index (χ4n) is 3.66. The highest BCUT2D eigenvalue weighted by Crippen LogP contribution is 2.37. The van der Waals surface area contributed by atoms with Crippen molar-refractivity contribution in [3.8, 4) is 0 Å². The minimum Gasteiger partial charge on any atom is -0.350 e. The summed E-state index contributed by atoms with van der Waals surface area (Å²) in [7, 11) is 1.91. The lowest BCUT2D eigenvalue weighted by molar-refractivity contribution is -0.122. The first kappa shape index (κ1) is 15.8. The van der Waals surface area contributed by atoms with E-state index in [4.69, 9.17) is 11.6 Å². The van der Waals surface area contributed by atoms with Crippen LogP contribution < -0.4 is 5.32 Å². The van der Waals surface area contributed by atoms with E-state index in [-0.39, 0.29) is 5.57 Å². The first-order valence-electron chi connectivity index (χ1n) is 8.33. The van der Waals surface area contributed by atoms with Gasteiger partial charge in [0.15, 0.2) is 0 Å². The molecule has 0 aliphatic carbocycles. The lowest BCUT2D eigenvalue weighted by Gasteiger charge is -2.02. The van der Waals surface area contributed by atoms with Gasteiger partial charge in [0, 0.05) is 40.1 Å². The number of hydrogen-bond donors (Lipinski definition) is 2. The molecule has 5 rings (SSSR count). The summed E-state index contributed by atoms with van der Waals surface area (Å²) in [4.78, 5) is 25.3. The third kappa shape index (κ3) is 2.23. The number of aromatic nitrogens is 3. The number of para-hydroxylation sites is 1. The van der Waals surface area contributed by atoms with Gasteiger partial charge in [-0.05, 0) is 24.3 Å². The number of fused-ring (bicyclic) bond motifs is 2. The van der Waals surface area contributed by atoms with Gasteiger partial charge < -0.3 is 4.57 Å². The third-order valence-corrected chi connectivity index (χ3v) is 5.09. The summed E-state index contributed by atoms with van der Waals surface area (Å²) in [5.41, 5.74) is 3.41. The predicted octanol–water partition coefficient (Wildman–Crippen LogP) is 3.28. The Kier molecular flexibility index (Phi) is 3.26. The molecule has 6 nitrogen and oxygen atoms in total. The number of hydrogen-bond acceptors (Lipinski definition) is 3. The molecule has 0 atom stereocenters. The maximum Gasteiger partial charge on any atom is 0.261 e. The molecule has 2 N–H and O–H groups in total. The number of aromatic amines is 1. The Labute approximate surface area is 158 Å². The van der Waals surface area contributed by atoms with E-state index in [0.717, 1.165) is 16.4 Å². The SMILES string of the molecule is Cn1cc(C2=C(c3n[nH]c4ccc(Cl)cc34)C(=O)NC2=O)c2ccccc21. The number of halogens is 1. The summed E-state index contributed by atoms with van der Waals surface area (Å²) in [6, 6.07) is 13.0. The molecular formula is C20H13ClN4O2. The van der Waals surface area contributed by atoms with Gasteiger partial charge in [0.1, 0.15) is 5.69 Å². The highest BCUT2D eigenvalue weighted by molar-refractivity contribution is 6.50. The average Bonchev–Trinajstić information content (AvgIpc) is 3.29. The molecule has 27 heavy (non-hydrogen) atoms. The van der Waals surface area contributed by atoms with Gasteiger partial charge in [-0.3, -0.25) is 20.0 Å². The lowest BCUT2D eigenvalue weighted by atomic mass is 9.97. The standard InChI is InChI=1S/C20H13ClN4O2/c1-25-9-13(11-4-2-3-5-15(11)25)16-17(20(27)22-19(16)26)18-12-8-10(21)6-7-14(12)23-24-18/h2-9H,1H3,(H,23,24)(H,22,26,27). The molecule has 1 aliphatic heterocycles. The quantitative estimate of drug-likeness (QED) is 0.527. The van der Waals surface area contributed by atoms with Crippen LogP contribution in [0.1, 0.15) is 11.3 Å². The molecule has 0 fully saturated rings. The topological polar surface area (TPSA) is 79.8 Å². The molecular weight excluding hydrogens is 364 g/mol. The van der Waals surface area contributed by atoms with E-state index in [1.807, 2.05) is 42.1 Å². The van der Waals surface area contributed by atoms with Gasteiger partial charge in [0.05, 0.1) is 16.7 Å². The predicted molar refractivity (Wildman–Crippen MR) is 104 cm³/mol. The molecule has 2 aromatic heterocycles. The smallest absolute Gasteiger partial charge is 0.261 e. The maximum atomic E-state index is 12.7. The van der Waals surface area contributed by atoms with Crippen molar-refractivity contribution in [2.45, 2.75) is 0 Å². The molecule has 0 saturated carbocycles. The summed E-state index contributed by atoms with van der Waals surface area (Å²) >= 11 is 6.13. The Morgan fingerprint density at radius 3 is 2.63 bits per heavy atom. The number of carbonyl (C=O) groups excluding carboxylic acids is 2. The van der Waals surface area contributed by atoms with Gasteiger partial charge in [-0.15, -0.1) is 0 Å². The zero-order valence-electron chi connectivity index (χ0n) is 14.2. The maximum absolute atomic E-state index is 12.7. The van der Waals surface area contributed by atoms with Gasteiger partial charge in [-0.2, -0.15) is 5.10 Å². The summed E-state index contributed by atoms with van der Waals surface area (Å²) < 4.78 is 1.94. The first-order valence-corrected chi connectivity index (χ1v) is 8.71. The Bertz CT molecular complexity index is 1310. The minimum atomic E-state index is -0.462. The van der Waals surface area contributed by atoms with Crippen molar-refractivity contribution in [1.82, 2.24) is 20.1 Å². The molecule has 0 unspecified atom stereocenters. The van der Waals surface area contributed by atoms with E-state index in [1.54, 1.807) is 18.2 Å². The average molecular weight is 377 g/mol. The monoisotopic (exact) mass is 376 g/mol. The van der Waals surface area contributed by atoms with Crippen LogP contribution in [0.15, 0.2) is 48.7 Å². The van der Waals surface area contributed by atoms with E-state index >= 15 is 0 Å². The van der Waals surface area contributed by atoms with Crippen LogP contribution in [0.2, 0.25) is 5.02 Å². The van der Waals surface area contributed by atoms with Crippen LogP contribution in [0.25, 0.3) is 33.0 Å². The van der Waals surface area contributed by atoms with Crippen LogP contribution in [-0.2, 0) is 16.6 Å². The van der Waals surface area contributed by atoms with Crippen LogP contribution in [-0.4, -0.2) is 26.6 Å². The fraction of sp³-hybridized carbons (Fsp3) is 0.0500. The summed E-state index contributed by atoms with van der Waals surface area (Å²) in [5, 5.41) is 11.7. The van der Waals surface area contributed by atoms with Gasteiger partial charge in [-0.25, -0.2) is 0 Å².